The monoisotopic (exact) mass is 308 g/mol. The molecule has 0 radical (unpaired) electrons. The Balaban J connectivity index is 2.38. The van der Waals surface area contributed by atoms with Crippen LogP contribution in [0, 0.1) is 5.92 Å². The molecule has 0 heterocycles. The van der Waals surface area contributed by atoms with Crippen LogP contribution in [-0.4, -0.2) is 15.9 Å². The van der Waals surface area contributed by atoms with Gasteiger partial charge in [-0.2, -0.15) is 0 Å². The Morgan fingerprint density at radius 3 is 2.54 bits per heavy atom. The maximum atomic E-state index is 5.66. The largest absolute Gasteiger partial charge is 0.375 e. The van der Waals surface area contributed by atoms with Crippen LogP contribution < -0.4 is 0 Å². The summed E-state index contributed by atoms with van der Waals surface area (Å²) in [5.74, 6) is 0.513. The number of halogens is 2. The van der Waals surface area contributed by atoms with E-state index < -0.39 is 0 Å². The molecule has 0 aromatic carbocycles. The van der Waals surface area contributed by atoms with Crippen LogP contribution in [0.5, 0.6) is 0 Å². The predicted octanol–water partition coefficient (Wildman–Crippen LogP) is 3.62. The quantitative estimate of drug-likeness (QED) is 0.531. The first-order chi connectivity index (χ1) is 5.97. The normalized spacial score (nSPS) is 41.8. The lowest BCUT2D eigenvalue weighted by atomic mass is 9.92. The van der Waals surface area contributed by atoms with Gasteiger partial charge in [0.25, 0.3) is 0 Å². The molecule has 0 aliphatic heterocycles. The summed E-state index contributed by atoms with van der Waals surface area (Å²) in [5.41, 5.74) is 3.02. The van der Waals surface area contributed by atoms with Crippen molar-refractivity contribution in [3.8, 4) is 0 Å². The molecule has 0 aromatic heterocycles. The molecule has 2 aliphatic carbocycles. The minimum atomic E-state index is -0.0103. The predicted molar refractivity (Wildman–Crippen MR) is 61.4 cm³/mol. The van der Waals surface area contributed by atoms with Gasteiger partial charge in [-0.25, -0.2) is 0 Å². The summed E-state index contributed by atoms with van der Waals surface area (Å²) in [4.78, 5) is 0. The fourth-order valence-electron chi connectivity index (χ4n) is 2.54. The van der Waals surface area contributed by atoms with Gasteiger partial charge in [-0.3, -0.25) is 0 Å². The zero-order chi connectivity index (χ0) is 9.85. The second-order valence-corrected chi connectivity index (χ2v) is 7.68. The molecule has 1 nitrogen and oxygen atoms in total. The molecule has 2 rings (SSSR count). The van der Waals surface area contributed by atoms with Crippen LogP contribution in [0.2, 0.25) is 0 Å². The minimum absolute atomic E-state index is 0.0103. The summed E-state index contributed by atoms with van der Waals surface area (Å²) in [5, 5.41) is 0. The van der Waals surface area contributed by atoms with E-state index in [0.717, 1.165) is 12.8 Å². The van der Waals surface area contributed by atoms with Gasteiger partial charge in [0.05, 0.1) is 0 Å². The maximum absolute atomic E-state index is 5.66. The lowest BCUT2D eigenvalue weighted by molar-refractivity contribution is 0.0591. The third-order valence-corrected chi connectivity index (χ3v) is 5.91. The fourth-order valence-corrected chi connectivity index (χ4v) is 4.91. The molecule has 1 saturated carbocycles. The van der Waals surface area contributed by atoms with Crippen LogP contribution in [-0.2, 0) is 4.74 Å². The van der Waals surface area contributed by atoms with Crippen molar-refractivity contribution in [3.63, 3.8) is 0 Å². The van der Waals surface area contributed by atoms with Gasteiger partial charge in [-0.15, -0.1) is 0 Å². The van der Waals surface area contributed by atoms with Crippen molar-refractivity contribution < 1.29 is 4.74 Å². The van der Waals surface area contributed by atoms with Crippen molar-refractivity contribution in [1.29, 1.82) is 0 Å². The van der Waals surface area contributed by atoms with Gasteiger partial charge in [0.1, 0.15) is 8.83 Å². The van der Waals surface area contributed by atoms with Crippen LogP contribution in [0.1, 0.15) is 26.7 Å². The molecular formula is C10H14Br2O. The van der Waals surface area contributed by atoms with Crippen LogP contribution in [0.3, 0.4) is 0 Å². The molecule has 0 bridgehead atoms. The van der Waals surface area contributed by atoms with E-state index in [-0.39, 0.29) is 8.83 Å². The van der Waals surface area contributed by atoms with Gasteiger partial charge in [0, 0.05) is 13.0 Å². The highest BCUT2D eigenvalue weighted by Gasteiger charge is 2.76. The first-order valence-corrected chi connectivity index (χ1v) is 6.15. The van der Waals surface area contributed by atoms with E-state index in [1.807, 2.05) is 7.11 Å². The summed E-state index contributed by atoms with van der Waals surface area (Å²) >= 11 is 7.44. The molecule has 1 fully saturated rings. The van der Waals surface area contributed by atoms with E-state index in [9.17, 15) is 0 Å². The summed E-state index contributed by atoms with van der Waals surface area (Å²) in [6.07, 6.45) is 2.28. The lowest BCUT2D eigenvalue weighted by Crippen LogP contribution is -2.22. The van der Waals surface area contributed by atoms with E-state index in [1.54, 1.807) is 0 Å². The van der Waals surface area contributed by atoms with Crippen LogP contribution in [0.4, 0.5) is 0 Å². The van der Waals surface area contributed by atoms with Crippen molar-refractivity contribution in [2.45, 2.75) is 35.5 Å². The Morgan fingerprint density at radius 2 is 2.00 bits per heavy atom. The first-order valence-electron chi connectivity index (χ1n) is 4.56. The standard InChI is InChI=1S/C10H14Br2O/c1-6-4-5-9(13-3)8(7(6)2)10(9,11)12/h8H,4-5H2,1-3H3. The number of hydrogen-bond acceptors (Lipinski definition) is 1. The summed E-state index contributed by atoms with van der Waals surface area (Å²) < 4.78 is 5.65. The Morgan fingerprint density at radius 1 is 1.38 bits per heavy atom. The average molecular weight is 310 g/mol. The number of methoxy groups -OCH3 is 1. The van der Waals surface area contributed by atoms with Gasteiger partial charge >= 0.3 is 0 Å². The summed E-state index contributed by atoms with van der Waals surface area (Å²) in [7, 11) is 1.81. The van der Waals surface area contributed by atoms with E-state index in [0.29, 0.717) is 5.92 Å². The van der Waals surface area contributed by atoms with Crippen molar-refractivity contribution >= 4 is 31.9 Å². The Bertz CT molecular complexity index is 283. The second-order valence-electron chi connectivity index (χ2n) is 4.11. The SMILES string of the molecule is COC12CCC(C)=C(C)C1C2(Br)Br. The van der Waals surface area contributed by atoms with Gasteiger partial charge < -0.3 is 4.74 Å². The van der Waals surface area contributed by atoms with E-state index in [1.165, 1.54) is 11.1 Å². The van der Waals surface area contributed by atoms with Gasteiger partial charge in [0.15, 0.2) is 0 Å². The molecule has 0 spiro atoms. The van der Waals surface area contributed by atoms with Gasteiger partial charge in [0.2, 0.25) is 0 Å². The number of fused-ring (bicyclic) bond motifs is 1. The molecule has 2 unspecified atom stereocenters. The third-order valence-electron chi connectivity index (χ3n) is 3.65. The number of allylic oxidation sites excluding steroid dienone is 1. The van der Waals surface area contributed by atoms with Gasteiger partial charge in [-0.05, 0) is 26.7 Å². The van der Waals surface area contributed by atoms with Crippen molar-refractivity contribution in [2.24, 2.45) is 5.92 Å². The topological polar surface area (TPSA) is 9.23 Å². The molecule has 74 valence electrons. The van der Waals surface area contributed by atoms with Crippen LogP contribution in [0.15, 0.2) is 11.1 Å². The summed E-state index contributed by atoms with van der Waals surface area (Å²) in [6, 6.07) is 0. The molecule has 2 aliphatic rings. The molecular weight excluding hydrogens is 296 g/mol. The lowest BCUT2D eigenvalue weighted by Gasteiger charge is -2.22. The Kier molecular flexibility index (Phi) is 2.22. The van der Waals surface area contributed by atoms with Crippen LogP contribution in [0.25, 0.3) is 0 Å². The van der Waals surface area contributed by atoms with Crippen molar-refractivity contribution in [1.82, 2.24) is 0 Å². The molecule has 0 amide bonds. The summed E-state index contributed by atoms with van der Waals surface area (Å²) in [6.45, 7) is 4.44. The van der Waals surface area contributed by atoms with E-state index >= 15 is 0 Å². The van der Waals surface area contributed by atoms with Crippen molar-refractivity contribution in [3.05, 3.63) is 11.1 Å². The smallest absolute Gasteiger partial charge is 0.119 e. The fraction of sp³-hybridized carbons (Fsp3) is 0.800. The van der Waals surface area contributed by atoms with Crippen molar-refractivity contribution in [2.75, 3.05) is 7.11 Å². The molecule has 13 heavy (non-hydrogen) atoms. The minimum Gasteiger partial charge on any atom is -0.375 e. The second kappa shape index (κ2) is 2.83. The molecule has 0 aromatic rings. The van der Waals surface area contributed by atoms with E-state index in [4.69, 9.17) is 4.74 Å². The number of alkyl halides is 2. The zero-order valence-corrected chi connectivity index (χ0v) is 11.3. The molecule has 2 atom stereocenters. The maximum Gasteiger partial charge on any atom is 0.119 e. The number of rotatable bonds is 1. The Hall–Kier alpha value is 0.660. The third kappa shape index (κ3) is 1.07. The average Bonchev–Trinajstić information content (AvgIpc) is 2.58. The van der Waals surface area contributed by atoms with Gasteiger partial charge in [-0.1, -0.05) is 43.0 Å². The van der Waals surface area contributed by atoms with E-state index in [2.05, 4.69) is 45.7 Å². The highest BCUT2D eigenvalue weighted by atomic mass is 79.9. The molecule has 0 saturated heterocycles. The molecule has 0 N–H and O–H groups in total. The Labute approximate surface area is 96.2 Å². The van der Waals surface area contributed by atoms with Crippen LogP contribution >= 0.6 is 31.9 Å². The highest BCUT2D eigenvalue weighted by molar-refractivity contribution is 9.25. The highest BCUT2D eigenvalue weighted by Crippen LogP contribution is 2.73. The zero-order valence-electron chi connectivity index (χ0n) is 8.16. The number of hydrogen-bond donors (Lipinski definition) is 0. The number of ether oxygens (including phenoxy) is 1. The first kappa shape index (κ1) is 10.2. The molecule has 3 heteroatoms.